The van der Waals surface area contributed by atoms with Crippen LogP contribution in [0.2, 0.25) is 10.0 Å². The quantitative estimate of drug-likeness (QED) is 0.918. The Labute approximate surface area is 122 Å². The van der Waals surface area contributed by atoms with Crippen LogP contribution in [0.25, 0.3) is 0 Å². The fourth-order valence-corrected chi connectivity index (χ4v) is 2.14. The summed E-state index contributed by atoms with van der Waals surface area (Å²) in [5, 5.41) is 4.12. The molecule has 1 N–H and O–H groups in total. The highest BCUT2D eigenvalue weighted by Crippen LogP contribution is 2.32. The molecule has 0 unspecified atom stereocenters. The van der Waals surface area contributed by atoms with E-state index >= 15 is 0 Å². The van der Waals surface area contributed by atoms with E-state index in [0.29, 0.717) is 21.7 Å². The third-order valence-electron chi connectivity index (χ3n) is 2.57. The molecule has 19 heavy (non-hydrogen) atoms. The minimum Gasteiger partial charge on any atom is -0.437 e. The average Bonchev–Trinajstić information content (AvgIpc) is 2.36. The summed E-state index contributed by atoms with van der Waals surface area (Å²) in [4.78, 5) is 4.30. The summed E-state index contributed by atoms with van der Waals surface area (Å²) in [5.41, 5.74) is 2.06. The molecule has 0 bridgehead atoms. The summed E-state index contributed by atoms with van der Waals surface area (Å²) in [6.45, 7) is 2.72. The van der Waals surface area contributed by atoms with E-state index in [4.69, 9.17) is 27.9 Å². The summed E-state index contributed by atoms with van der Waals surface area (Å²) in [7, 11) is 1.90. The van der Waals surface area contributed by atoms with Crippen molar-refractivity contribution >= 4 is 23.2 Å². The molecular formula is C14H14Cl2N2O. The highest BCUT2D eigenvalue weighted by molar-refractivity contribution is 6.35. The molecule has 0 saturated carbocycles. The van der Waals surface area contributed by atoms with Gasteiger partial charge in [0.05, 0.1) is 5.02 Å². The maximum Gasteiger partial charge on any atom is 0.222 e. The summed E-state index contributed by atoms with van der Waals surface area (Å²) in [6.07, 6.45) is 1.78. The van der Waals surface area contributed by atoms with E-state index in [9.17, 15) is 0 Å². The predicted octanol–water partition coefficient (Wildman–Crippen LogP) is 4.21. The topological polar surface area (TPSA) is 34.2 Å². The van der Waals surface area contributed by atoms with Gasteiger partial charge in [-0.15, -0.1) is 0 Å². The second-order valence-corrected chi connectivity index (χ2v) is 5.02. The molecule has 1 aromatic heterocycles. The molecular weight excluding hydrogens is 283 g/mol. The van der Waals surface area contributed by atoms with E-state index in [-0.39, 0.29) is 0 Å². The van der Waals surface area contributed by atoms with Crippen LogP contribution >= 0.6 is 23.2 Å². The van der Waals surface area contributed by atoms with E-state index in [1.807, 2.05) is 20.0 Å². The van der Waals surface area contributed by atoms with Crippen LogP contribution in [0.1, 0.15) is 11.1 Å². The Morgan fingerprint density at radius 3 is 2.68 bits per heavy atom. The summed E-state index contributed by atoms with van der Waals surface area (Å²) >= 11 is 11.9. The molecule has 0 aliphatic rings. The average molecular weight is 297 g/mol. The number of halogens is 2. The Morgan fingerprint density at radius 2 is 2.05 bits per heavy atom. The second-order valence-electron chi connectivity index (χ2n) is 4.17. The number of ether oxygens (including phenoxy) is 1. The monoisotopic (exact) mass is 296 g/mol. The lowest BCUT2D eigenvalue weighted by atomic mass is 10.2. The number of hydrogen-bond donors (Lipinski definition) is 1. The zero-order valence-electron chi connectivity index (χ0n) is 10.7. The fourth-order valence-electron chi connectivity index (χ4n) is 1.69. The molecule has 0 fully saturated rings. The number of hydrogen-bond acceptors (Lipinski definition) is 3. The standard InChI is InChI=1S/C14H14Cl2N2O/c1-9-5-10(7-17-2)8-18-14(9)19-13-4-3-11(15)6-12(13)16/h3-6,8,17H,7H2,1-2H3. The molecule has 0 saturated heterocycles. The van der Waals surface area contributed by atoms with Crippen LogP contribution in [0.15, 0.2) is 30.5 Å². The Morgan fingerprint density at radius 1 is 1.26 bits per heavy atom. The zero-order valence-corrected chi connectivity index (χ0v) is 12.2. The van der Waals surface area contributed by atoms with Crippen LogP contribution in [0, 0.1) is 6.92 Å². The summed E-state index contributed by atoms with van der Waals surface area (Å²) < 4.78 is 5.71. The van der Waals surface area contributed by atoms with Crippen LogP contribution in [0.3, 0.4) is 0 Å². The van der Waals surface area contributed by atoms with Gasteiger partial charge in [-0.25, -0.2) is 4.98 Å². The normalized spacial score (nSPS) is 10.5. The highest BCUT2D eigenvalue weighted by atomic mass is 35.5. The molecule has 1 aromatic carbocycles. The third kappa shape index (κ3) is 3.60. The van der Waals surface area contributed by atoms with Gasteiger partial charge in [-0.05, 0) is 43.8 Å². The first-order valence-corrected chi connectivity index (χ1v) is 6.59. The molecule has 2 rings (SSSR count). The van der Waals surface area contributed by atoms with Gasteiger partial charge in [0.25, 0.3) is 0 Å². The number of aromatic nitrogens is 1. The van der Waals surface area contributed by atoms with Gasteiger partial charge >= 0.3 is 0 Å². The van der Waals surface area contributed by atoms with Gasteiger partial charge in [0.2, 0.25) is 5.88 Å². The lowest BCUT2D eigenvalue weighted by Crippen LogP contribution is -2.06. The first kappa shape index (κ1) is 14.1. The van der Waals surface area contributed by atoms with Gasteiger partial charge in [-0.2, -0.15) is 0 Å². The molecule has 3 nitrogen and oxygen atoms in total. The Hall–Kier alpha value is -1.29. The number of nitrogens with zero attached hydrogens (tertiary/aromatic N) is 1. The van der Waals surface area contributed by atoms with Crippen molar-refractivity contribution in [3.63, 3.8) is 0 Å². The van der Waals surface area contributed by atoms with Crippen LogP contribution in [-0.4, -0.2) is 12.0 Å². The lowest BCUT2D eigenvalue weighted by molar-refractivity contribution is 0.458. The van der Waals surface area contributed by atoms with E-state index in [0.717, 1.165) is 17.7 Å². The summed E-state index contributed by atoms with van der Waals surface area (Å²) in [5.74, 6) is 1.09. The summed E-state index contributed by atoms with van der Waals surface area (Å²) in [6, 6.07) is 7.13. The van der Waals surface area contributed by atoms with Crippen LogP contribution in [-0.2, 0) is 6.54 Å². The van der Waals surface area contributed by atoms with E-state index in [1.54, 1.807) is 24.4 Å². The SMILES string of the molecule is CNCc1cnc(Oc2ccc(Cl)cc2Cl)c(C)c1. The fraction of sp³-hybridized carbons (Fsp3) is 0.214. The Kier molecular flexibility index (Phi) is 4.64. The van der Waals surface area contributed by atoms with Crippen LogP contribution in [0.4, 0.5) is 0 Å². The van der Waals surface area contributed by atoms with Gasteiger partial charge < -0.3 is 10.1 Å². The molecule has 0 aliphatic carbocycles. The van der Waals surface area contributed by atoms with Gasteiger partial charge in [0.1, 0.15) is 5.75 Å². The second kappa shape index (κ2) is 6.24. The van der Waals surface area contributed by atoms with E-state index in [1.165, 1.54) is 0 Å². The van der Waals surface area contributed by atoms with Crippen LogP contribution in [0.5, 0.6) is 11.6 Å². The van der Waals surface area contributed by atoms with Crippen molar-refractivity contribution in [2.75, 3.05) is 7.05 Å². The van der Waals surface area contributed by atoms with Gasteiger partial charge in [0.15, 0.2) is 0 Å². The smallest absolute Gasteiger partial charge is 0.222 e. The Bertz CT molecular complexity index is 588. The maximum absolute atomic E-state index is 6.07. The van der Waals surface area contributed by atoms with Gasteiger partial charge in [-0.3, -0.25) is 0 Å². The minimum atomic E-state index is 0.466. The molecule has 100 valence electrons. The molecule has 1 heterocycles. The van der Waals surface area contributed by atoms with Crippen molar-refractivity contribution in [3.8, 4) is 11.6 Å². The van der Waals surface area contributed by atoms with Crippen LogP contribution < -0.4 is 10.1 Å². The number of aryl methyl sites for hydroxylation is 1. The van der Waals surface area contributed by atoms with Crippen molar-refractivity contribution in [2.24, 2.45) is 0 Å². The number of nitrogens with one attached hydrogen (secondary N) is 1. The molecule has 0 aliphatic heterocycles. The molecule has 0 amide bonds. The first-order chi connectivity index (χ1) is 9.10. The van der Waals surface area contributed by atoms with Gasteiger partial charge in [0, 0.05) is 23.3 Å². The third-order valence-corrected chi connectivity index (χ3v) is 3.10. The predicted molar refractivity (Wildman–Crippen MR) is 78.3 cm³/mol. The number of rotatable bonds is 4. The van der Waals surface area contributed by atoms with E-state index < -0.39 is 0 Å². The Balaban J connectivity index is 2.23. The van der Waals surface area contributed by atoms with Crippen molar-refractivity contribution in [1.82, 2.24) is 10.3 Å². The van der Waals surface area contributed by atoms with Gasteiger partial charge in [-0.1, -0.05) is 23.2 Å². The molecule has 0 atom stereocenters. The highest BCUT2D eigenvalue weighted by Gasteiger charge is 2.08. The number of pyridine rings is 1. The molecule has 0 radical (unpaired) electrons. The van der Waals surface area contributed by atoms with Crippen molar-refractivity contribution in [2.45, 2.75) is 13.5 Å². The minimum absolute atomic E-state index is 0.466. The molecule has 5 heteroatoms. The van der Waals surface area contributed by atoms with E-state index in [2.05, 4.69) is 10.3 Å². The molecule has 2 aromatic rings. The molecule has 0 spiro atoms. The lowest BCUT2D eigenvalue weighted by Gasteiger charge is -2.10. The van der Waals surface area contributed by atoms with Crippen molar-refractivity contribution in [3.05, 3.63) is 51.6 Å². The number of benzene rings is 1. The van der Waals surface area contributed by atoms with Crippen molar-refractivity contribution in [1.29, 1.82) is 0 Å². The maximum atomic E-state index is 6.07. The first-order valence-electron chi connectivity index (χ1n) is 5.83. The largest absolute Gasteiger partial charge is 0.437 e. The zero-order chi connectivity index (χ0) is 13.8. The van der Waals surface area contributed by atoms with Crippen molar-refractivity contribution < 1.29 is 4.74 Å².